The van der Waals surface area contributed by atoms with E-state index in [2.05, 4.69) is 50.4 Å². The first-order valence-electron chi connectivity index (χ1n) is 7.91. The van der Waals surface area contributed by atoms with E-state index in [0.717, 1.165) is 48.3 Å². The van der Waals surface area contributed by atoms with Gasteiger partial charge in [-0.15, -0.1) is 0 Å². The van der Waals surface area contributed by atoms with Gasteiger partial charge in [0.1, 0.15) is 5.82 Å². The molecule has 1 atom stereocenters. The Morgan fingerprint density at radius 3 is 2.96 bits per heavy atom. The quantitative estimate of drug-likeness (QED) is 0.904. The van der Waals surface area contributed by atoms with Crippen LogP contribution >= 0.6 is 0 Å². The number of nitrogens with one attached hydrogen (secondary N) is 1. The van der Waals surface area contributed by atoms with Gasteiger partial charge in [-0.05, 0) is 49.4 Å². The van der Waals surface area contributed by atoms with Crippen molar-refractivity contribution in [1.29, 1.82) is 0 Å². The number of nitrogens with two attached hydrogens (primary N) is 1. The molecule has 0 unspecified atom stereocenters. The normalized spacial score (nSPS) is 21.1. The highest BCUT2D eigenvalue weighted by molar-refractivity contribution is 5.95. The molecule has 0 radical (unpaired) electrons. The fourth-order valence-corrected chi connectivity index (χ4v) is 3.24. The van der Waals surface area contributed by atoms with E-state index in [0.29, 0.717) is 12.0 Å². The molecule has 6 heteroatoms. The van der Waals surface area contributed by atoms with Crippen molar-refractivity contribution in [2.45, 2.75) is 12.5 Å². The molecule has 118 valence electrons. The Hall–Kier alpha value is -2.47. The number of benzene rings is 1. The molecule has 23 heavy (non-hydrogen) atoms. The van der Waals surface area contributed by atoms with Gasteiger partial charge in [0.15, 0.2) is 0 Å². The van der Waals surface area contributed by atoms with Crippen LogP contribution in [0.5, 0.6) is 0 Å². The SMILES string of the molecule is CN1CC[C@H](Nc2nc(N)nc3cc(C4=CC=NC4)ccc23)C1. The van der Waals surface area contributed by atoms with Gasteiger partial charge in [-0.2, -0.15) is 4.98 Å². The fraction of sp³-hybridized carbons (Fsp3) is 0.353. The van der Waals surface area contributed by atoms with Crippen molar-refractivity contribution in [2.75, 3.05) is 37.7 Å². The highest BCUT2D eigenvalue weighted by atomic mass is 15.2. The Kier molecular flexibility index (Phi) is 3.46. The van der Waals surface area contributed by atoms with Crippen LogP contribution in [0.25, 0.3) is 16.5 Å². The van der Waals surface area contributed by atoms with E-state index in [1.807, 2.05) is 12.3 Å². The number of likely N-dealkylation sites (N-methyl/N-ethyl adjacent to an activating group) is 1. The van der Waals surface area contributed by atoms with Crippen molar-refractivity contribution in [1.82, 2.24) is 14.9 Å². The van der Waals surface area contributed by atoms with E-state index in [-0.39, 0.29) is 0 Å². The number of nitrogen functional groups attached to an aromatic ring is 1. The average Bonchev–Trinajstić information content (AvgIpc) is 3.18. The summed E-state index contributed by atoms with van der Waals surface area (Å²) in [6.45, 7) is 2.85. The minimum absolute atomic E-state index is 0.306. The summed E-state index contributed by atoms with van der Waals surface area (Å²) in [5.74, 6) is 1.14. The number of likely N-dealkylation sites (tertiary alicyclic amines) is 1. The standard InChI is InChI=1S/C17H20N6/c1-23-7-5-13(10-23)20-16-14-3-2-11(12-4-6-19-9-12)8-15(14)21-17(18)22-16/h2-4,6,8,13H,5,7,9-10H2,1H3,(H3,18,20,21,22)/t13-/m0/s1. The number of hydrogen-bond donors (Lipinski definition) is 2. The van der Waals surface area contributed by atoms with Gasteiger partial charge >= 0.3 is 0 Å². The van der Waals surface area contributed by atoms with E-state index >= 15 is 0 Å². The zero-order valence-electron chi connectivity index (χ0n) is 13.2. The first kappa shape index (κ1) is 14.1. The Balaban J connectivity index is 1.70. The molecule has 3 N–H and O–H groups in total. The largest absolute Gasteiger partial charge is 0.368 e. The molecule has 0 spiro atoms. The third-order valence-electron chi connectivity index (χ3n) is 4.46. The smallest absolute Gasteiger partial charge is 0.222 e. The molecule has 1 saturated heterocycles. The molecule has 2 aliphatic rings. The molecule has 6 nitrogen and oxygen atoms in total. The van der Waals surface area contributed by atoms with E-state index < -0.39 is 0 Å². The van der Waals surface area contributed by atoms with Crippen LogP contribution in [0.3, 0.4) is 0 Å². The first-order chi connectivity index (χ1) is 11.2. The number of aromatic nitrogens is 2. The number of anilines is 2. The minimum Gasteiger partial charge on any atom is -0.368 e. The second-order valence-corrected chi connectivity index (χ2v) is 6.24. The first-order valence-corrected chi connectivity index (χ1v) is 7.91. The predicted octanol–water partition coefficient (Wildman–Crippen LogP) is 1.80. The van der Waals surface area contributed by atoms with Crippen molar-refractivity contribution in [2.24, 2.45) is 4.99 Å². The number of nitrogens with zero attached hydrogens (tertiary/aromatic N) is 4. The van der Waals surface area contributed by atoms with Gasteiger partial charge in [0.05, 0.1) is 12.1 Å². The second kappa shape index (κ2) is 5.62. The van der Waals surface area contributed by atoms with Crippen molar-refractivity contribution < 1.29 is 0 Å². The number of fused-ring (bicyclic) bond motifs is 1. The lowest BCUT2D eigenvalue weighted by atomic mass is 10.0. The summed E-state index contributed by atoms with van der Waals surface area (Å²) in [4.78, 5) is 15.4. The predicted molar refractivity (Wildman–Crippen MR) is 94.8 cm³/mol. The Morgan fingerprint density at radius 1 is 1.30 bits per heavy atom. The molecule has 2 aliphatic heterocycles. The van der Waals surface area contributed by atoms with Crippen molar-refractivity contribution in [3.05, 3.63) is 29.8 Å². The lowest BCUT2D eigenvalue weighted by Crippen LogP contribution is -2.24. The van der Waals surface area contributed by atoms with Crippen LogP contribution in [0, 0.1) is 0 Å². The lowest BCUT2D eigenvalue weighted by molar-refractivity contribution is 0.414. The summed E-state index contributed by atoms with van der Waals surface area (Å²) in [6.07, 6.45) is 5.00. The maximum Gasteiger partial charge on any atom is 0.222 e. The van der Waals surface area contributed by atoms with Crippen LogP contribution in [0.2, 0.25) is 0 Å². The van der Waals surface area contributed by atoms with Crippen molar-refractivity contribution in [3.8, 4) is 0 Å². The molecule has 0 aliphatic carbocycles. The van der Waals surface area contributed by atoms with Gasteiger partial charge in [0, 0.05) is 24.2 Å². The van der Waals surface area contributed by atoms with Crippen LogP contribution in [0.15, 0.2) is 29.3 Å². The molecular weight excluding hydrogens is 288 g/mol. The summed E-state index contributed by atoms with van der Waals surface area (Å²) in [5.41, 5.74) is 9.13. The van der Waals surface area contributed by atoms with Gasteiger partial charge in [0.25, 0.3) is 0 Å². The maximum atomic E-state index is 5.92. The van der Waals surface area contributed by atoms with Crippen LogP contribution in [0.1, 0.15) is 12.0 Å². The van der Waals surface area contributed by atoms with Gasteiger partial charge in [0.2, 0.25) is 5.95 Å². The summed E-state index contributed by atoms with van der Waals surface area (Å²) >= 11 is 0. The fourth-order valence-electron chi connectivity index (χ4n) is 3.24. The molecule has 4 rings (SSSR count). The lowest BCUT2D eigenvalue weighted by Gasteiger charge is -2.16. The second-order valence-electron chi connectivity index (χ2n) is 6.24. The van der Waals surface area contributed by atoms with Gasteiger partial charge < -0.3 is 16.0 Å². The van der Waals surface area contributed by atoms with Crippen molar-refractivity contribution >= 4 is 34.5 Å². The van der Waals surface area contributed by atoms with Crippen molar-refractivity contribution in [3.63, 3.8) is 0 Å². The van der Waals surface area contributed by atoms with E-state index in [1.54, 1.807) is 0 Å². The molecule has 0 bridgehead atoms. The van der Waals surface area contributed by atoms with E-state index in [9.17, 15) is 0 Å². The average molecular weight is 308 g/mol. The molecule has 2 aromatic rings. The van der Waals surface area contributed by atoms with Crippen LogP contribution in [-0.2, 0) is 0 Å². The van der Waals surface area contributed by atoms with Crippen LogP contribution in [-0.4, -0.2) is 53.8 Å². The van der Waals surface area contributed by atoms with Crippen LogP contribution in [0.4, 0.5) is 11.8 Å². The van der Waals surface area contributed by atoms with Gasteiger partial charge in [-0.25, -0.2) is 4.98 Å². The summed E-state index contributed by atoms with van der Waals surface area (Å²) in [6, 6.07) is 6.65. The number of hydrogen-bond acceptors (Lipinski definition) is 6. The molecule has 1 fully saturated rings. The number of rotatable bonds is 3. The molecule has 1 aromatic heterocycles. The topological polar surface area (TPSA) is 79.4 Å². The highest BCUT2D eigenvalue weighted by Crippen LogP contribution is 2.27. The summed E-state index contributed by atoms with van der Waals surface area (Å²) < 4.78 is 0. The molecule has 3 heterocycles. The molecule has 0 saturated carbocycles. The molecule has 0 amide bonds. The Bertz CT molecular complexity index is 810. The van der Waals surface area contributed by atoms with Gasteiger partial charge in [-0.1, -0.05) is 6.07 Å². The monoisotopic (exact) mass is 308 g/mol. The minimum atomic E-state index is 0.306. The zero-order valence-corrected chi connectivity index (χ0v) is 13.2. The third-order valence-corrected chi connectivity index (χ3v) is 4.46. The summed E-state index contributed by atoms with van der Waals surface area (Å²) in [5, 5.41) is 4.54. The molecule has 1 aromatic carbocycles. The zero-order chi connectivity index (χ0) is 15.8. The maximum absolute atomic E-state index is 5.92. The third kappa shape index (κ3) is 2.77. The Morgan fingerprint density at radius 2 is 2.22 bits per heavy atom. The van der Waals surface area contributed by atoms with E-state index in [1.165, 1.54) is 5.57 Å². The highest BCUT2D eigenvalue weighted by Gasteiger charge is 2.20. The number of aliphatic imine (C=N–C) groups is 1. The van der Waals surface area contributed by atoms with Crippen LogP contribution < -0.4 is 11.1 Å². The Labute approximate surface area is 135 Å². The number of allylic oxidation sites excluding steroid dienone is 1. The molecular formula is C17H20N6. The summed E-state index contributed by atoms with van der Waals surface area (Å²) in [7, 11) is 2.14. The van der Waals surface area contributed by atoms with E-state index in [4.69, 9.17) is 5.73 Å². The van der Waals surface area contributed by atoms with Gasteiger partial charge in [-0.3, -0.25) is 4.99 Å².